The lowest BCUT2D eigenvalue weighted by atomic mass is 10.0. The summed E-state index contributed by atoms with van der Waals surface area (Å²) in [5.74, 6) is 5.31. The first-order valence-electron chi connectivity index (χ1n) is 6.60. The van der Waals surface area contributed by atoms with Gasteiger partial charge in [0.15, 0.2) is 0 Å². The highest BCUT2D eigenvalue weighted by molar-refractivity contribution is 9.10. The molecule has 0 saturated carbocycles. The normalized spacial score (nSPS) is 12.7. The largest absolute Gasteiger partial charge is 0.271 e. The summed E-state index contributed by atoms with van der Waals surface area (Å²) in [6.07, 6.45) is 0.456. The molecule has 0 bridgehead atoms. The molecule has 4 nitrogen and oxygen atoms in total. The van der Waals surface area contributed by atoms with E-state index < -0.39 is 0 Å². The number of nitrogens with one attached hydrogen (secondary N) is 1. The van der Waals surface area contributed by atoms with Gasteiger partial charge in [-0.25, -0.2) is 4.39 Å². The maximum Gasteiger partial charge on any atom is 0.128 e. The number of aryl methyl sites for hydroxylation is 2. The molecule has 0 aliphatic carbocycles. The van der Waals surface area contributed by atoms with Crippen molar-refractivity contribution >= 4 is 27.5 Å². The molecule has 1 unspecified atom stereocenters. The van der Waals surface area contributed by atoms with E-state index in [-0.39, 0.29) is 11.9 Å². The third-order valence-electron chi connectivity index (χ3n) is 3.38. The van der Waals surface area contributed by atoms with E-state index in [9.17, 15) is 4.39 Å². The van der Waals surface area contributed by atoms with Gasteiger partial charge in [-0.3, -0.25) is 16.0 Å². The Bertz CT molecular complexity index is 644. The van der Waals surface area contributed by atoms with E-state index in [0.29, 0.717) is 23.6 Å². The average molecular weight is 376 g/mol. The summed E-state index contributed by atoms with van der Waals surface area (Å²) in [4.78, 5) is 0. The molecule has 0 radical (unpaired) electrons. The third-order valence-corrected chi connectivity index (χ3v) is 4.37. The predicted octanol–water partition coefficient (Wildman–Crippen LogP) is 3.51. The molecule has 1 aromatic carbocycles. The Morgan fingerprint density at radius 2 is 2.24 bits per heavy atom. The zero-order valence-corrected chi connectivity index (χ0v) is 14.2. The Balaban J connectivity index is 2.38. The second-order valence-corrected chi connectivity index (χ2v) is 6.04. The van der Waals surface area contributed by atoms with Crippen LogP contribution >= 0.6 is 27.5 Å². The van der Waals surface area contributed by atoms with Crippen LogP contribution in [0.5, 0.6) is 0 Å². The van der Waals surface area contributed by atoms with Crippen LogP contribution in [0.1, 0.15) is 29.9 Å². The fourth-order valence-corrected chi connectivity index (χ4v) is 2.89. The molecule has 1 aromatic heterocycles. The number of hydrazine groups is 1. The quantitative estimate of drug-likeness (QED) is 0.621. The lowest BCUT2D eigenvalue weighted by Crippen LogP contribution is -2.31. The smallest absolute Gasteiger partial charge is 0.128 e. The standard InChI is InChI=1S/C14H17BrClFN4/c1-3-21-13(14(16)8(2)20-21)7-12(19-18)10-6-9(15)4-5-11(10)17/h4-6,12,19H,3,7,18H2,1-2H3. The molecule has 2 rings (SSSR count). The van der Waals surface area contributed by atoms with Crippen molar-refractivity contribution < 1.29 is 4.39 Å². The van der Waals surface area contributed by atoms with E-state index in [0.717, 1.165) is 15.9 Å². The number of nitrogens with zero attached hydrogens (tertiary/aromatic N) is 2. The number of nitrogens with two attached hydrogens (primary N) is 1. The minimum Gasteiger partial charge on any atom is -0.271 e. The van der Waals surface area contributed by atoms with Crippen LogP contribution in [0, 0.1) is 12.7 Å². The highest BCUT2D eigenvalue weighted by Crippen LogP contribution is 2.28. The van der Waals surface area contributed by atoms with Gasteiger partial charge < -0.3 is 0 Å². The first-order chi connectivity index (χ1) is 9.97. The molecule has 3 N–H and O–H groups in total. The Kier molecular flexibility index (Phi) is 5.37. The average Bonchev–Trinajstić information content (AvgIpc) is 2.74. The van der Waals surface area contributed by atoms with Gasteiger partial charge in [-0.1, -0.05) is 27.5 Å². The van der Waals surface area contributed by atoms with Crippen molar-refractivity contribution in [2.24, 2.45) is 5.84 Å². The molecule has 7 heteroatoms. The minimum absolute atomic E-state index is 0.309. The molecule has 0 saturated heterocycles. The maximum absolute atomic E-state index is 14.0. The SMILES string of the molecule is CCn1nc(C)c(Cl)c1CC(NN)c1cc(Br)ccc1F. The molecule has 0 aliphatic heterocycles. The molecule has 0 amide bonds. The van der Waals surface area contributed by atoms with Crippen molar-refractivity contribution in [3.63, 3.8) is 0 Å². The molecular formula is C14H17BrClFN4. The van der Waals surface area contributed by atoms with E-state index in [4.69, 9.17) is 17.4 Å². The fourth-order valence-electron chi connectivity index (χ4n) is 2.30. The summed E-state index contributed by atoms with van der Waals surface area (Å²) in [6, 6.07) is 4.39. The van der Waals surface area contributed by atoms with Gasteiger partial charge in [-0.15, -0.1) is 0 Å². The summed E-state index contributed by atoms with van der Waals surface area (Å²) >= 11 is 9.64. The van der Waals surface area contributed by atoms with Gasteiger partial charge in [0.2, 0.25) is 0 Å². The minimum atomic E-state index is -0.388. The highest BCUT2D eigenvalue weighted by Gasteiger charge is 2.21. The summed E-state index contributed by atoms with van der Waals surface area (Å²) < 4.78 is 16.6. The van der Waals surface area contributed by atoms with Gasteiger partial charge in [-0.2, -0.15) is 5.10 Å². The second-order valence-electron chi connectivity index (χ2n) is 4.75. The van der Waals surface area contributed by atoms with Crippen LogP contribution in [0.15, 0.2) is 22.7 Å². The Morgan fingerprint density at radius 1 is 1.52 bits per heavy atom. The molecule has 1 heterocycles. The number of hydrogen-bond acceptors (Lipinski definition) is 3. The summed E-state index contributed by atoms with van der Waals surface area (Å²) in [5, 5.41) is 4.97. The Hall–Kier alpha value is -0.950. The zero-order chi connectivity index (χ0) is 15.6. The van der Waals surface area contributed by atoms with Gasteiger partial charge in [-0.05, 0) is 32.0 Å². The number of hydrogen-bond donors (Lipinski definition) is 2. The van der Waals surface area contributed by atoms with Gasteiger partial charge in [0.05, 0.1) is 22.5 Å². The van der Waals surface area contributed by atoms with Crippen molar-refractivity contribution in [3.8, 4) is 0 Å². The van der Waals surface area contributed by atoms with E-state index in [1.807, 2.05) is 18.5 Å². The van der Waals surface area contributed by atoms with Crippen LogP contribution in [-0.4, -0.2) is 9.78 Å². The van der Waals surface area contributed by atoms with Crippen LogP contribution in [0.25, 0.3) is 0 Å². The van der Waals surface area contributed by atoms with Crippen molar-refractivity contribution in [2.45, 2.75) is 32.9 Å². The molecular weight excluding hydrogens is 359 g/mol. The van der Waals surface area contributed by atoms with E-state index in [1.165, 1.54) is 6.07 Å². The van der Waals surface area contributed by atoms with Crippen LogP contribution in [0.3, 0.4) is 0 Å². The lowest BCUT2D eigenvalue weighted by molar-refractivity contribution is 0.490. The van der Waals surface area contributed by atoms with E-state index >= 15 is 0 Å². The van der Waals surface area contributed by atoms with Crippen molar-refractivity contribution in [3.05, 3.63) is 50.5 Å². The lowest BCUT2D eigenvalue weighted by Gasteiger charge is -2.18. The Morgan fingerprint density at radius 3 is 2.86 bits per heavy atom. The highest BCUT2D eigenvalue weighted by atomic mass is 79.9. The third kappa shape index (κ3) is 3.45. The Labute approximate surface area is 136 Å². The predicted molar refractivity (Wildman–Crippen MR) is 85.5 cm³/mol. The molecule has 114 valence electrons. The van der Waals surface area contributed by atoms with Gasteiger partial charge in [0.1, 0.15) is 5.82 Å². The molecule has 2 aromatic rings. The van der Waals surface area contributed by atoms with Crippen LogP contribution in [0.4, 0.5) is 4.39 Å². The molecule has 1 atom stereocenters. The van der Waals surface area contributed by atoms with Gasteiger partial charge >= 0.3 is 0 Å². The first-order valence-corrected chi connectivity index (χ1v) is 7.77. The van der Waals surface area contributed by atoms with Crippen LogP contribution in [0.2, 0.25) is 5.02 Å². The number of rotatable bonds is 5. The summed E-state index contributed by atoms with van der Waals surface area (Å²) in [7, 11) is 0. The summed E-state index contributed by atoms with van der Waals surface area (Å²) in [5.41, 5.74) is 4.76. The number of benzene rings is 1. The second kappa shape index (κ2) is 6.87. The van der Waals surface area contributed by atoms with Gasteiger partial charge in [0.25, 0.3) is 0 Å². The topological polar surface area (TPSA) is 55.9 Å². The van der Waals surface area contributed by atoms with Crippen LogP contribution in [-0.2, 0) is 13.0 Å². The van der Waals surface area contributed by atoms with Crippen molar-refractivity contribution in [2.75, 3.05) is 0 Å². The first kappa shape index (κ1) is 16.4. The van der Waals surface area contributed by atoms with E-state index in [2.05, 4.69) is 26.5 Å². The van der Waals surface area contributed by atoms with E-state index in [1.54, 1.807) is 12.1 Å². The van der Waals surface area contributed by atoms with Gasteiger partial charge in [0, 0.05) is 23.0 Å². The number of aromatic nitrogens is 2. The number of halogens is 3. The maximum atomic E-state index is 14.0. The van der Waals surface area contributed by atoms with Crippen LogP contribution < -0.4 is 11.3 Å². The zero-order valence-electron chi connectivity index (χ0n) is 11.8. The van der Waals surface area contributed by atoms with Crippen molar-refractivity contribution in [1.29, 1.82) is 0 Å². The molecule has 0 fully saturated rings. The monoisotopic (exact) mass is 374 g/mol. The molecule has 21 heavy (non-hydrogen) atoms. The fraction of sp³-hybridized carbons (Fsp3) is 0.357. The molecule has 0 aliphatic rings. The molecule has 0 spiro atoms. The van der Waals surface area contributed by atoms with Crippen molar-refractivity contribution in [1.82, 2.24) is 15.2 Å². The summed E-state index contributed by atoms with van der Waals surface area (Å²) in [6.45, 7) is 4.53.